The predicted molar refractivity (Wildman–Crippen MR) is 114 cm³/mol. The lowest BCUT2D eigenvalue weighted by molar-refractivity contribution is 0.0632. The lowest BCUT2D eigenvalue weighted by Crippen LogP contribution is -2.25. The molecule has 4 aromatic rings. The van der Waals surface area contributed by atoms with Crippen LogP contribution in [0.5, 0.6) is 11.5 Å². The molecule has 1 atom stereocenters. The van der Waals surface area contributed by atoms with Crippen molar-refractivity contribution in [2.45, 2.75) is 6.10 Å². The molecule has 0 saturated heterocycles. The van der Waals surface area contributed by atoms with E-state index >= 15 is 0 Å². The first-order valence-corrected chi connectivity index (χ1v) is 9.55. The van der Waals surface area contributed by atoms with Gasteiger partial charge < -0.3 is 24.3 Å². The topological polar surface area (TPSA) is 80.9 Å². The normalized spacial score (nSPS) is 11.8. The largest absolute Gasteiger partial charge is 0.491 e. The van der Waals surface area contributed by atoms with E-state index in [1.54, 1.807) is 36.4 Å². The minimum atomic E-state index is -0.790. The Bertz CT molecular complexity index is 1100. The van der Waals surface area contributed by atoms with Gasteiger partial charge in [-0.25, -0.2) is 0 Å². The van der Waals surface area contributed by atoms with E-state index < -0.39 is 6.10 Å². The Labute approximate surface area is 173 Å². The number of nitrogens with one attached hydrogen (secondary N) is 1. The molecule has 152 valence electrons. The van der Waals surface area contributed by atoms with Gasteiger partial charge in [-0.05, 0) is 47.9 Å². The van der Waals surface area contributed by atoms with Crippen molar-refractivity contribution in [2.75, 3.05) is 18.5 Å². The van der Waals surface area contributed by atoms with Crippen LogP contribution in [-0.2, 0) is 0 Å². The molecule has 0 fully saturated rings. The van der Waals surface area contributed by atoms with Gasteiger partial charge in [-0.15, -0.1) is 0 Å². The van der Waals surface area contributed by atoms with Crippen molar-refractivity contribution in [3.8, 4) is 11.5 Å². The van der Waals surface area contributed by atoms with Crippen LogP contribution >= 0.6 is 0 Å². The van der Waals surface area contributed by atoms with Crippen LogP contribution in [0.3, 0.4) is 0 Å². The first-order valence-electron chi connectivity index (χ1n) is 9.55. The van der Waals surface area contributed by atoms with Crippen LogP contribution in [0.4, 0.5) is 5.69 Å². The highest BCUT2D eigenvalue weighted by Gasteiger charge is 2.10. The monoisotopic (exact) mass is 403 g/mol. The standard InChI is InChI=1S/C24H21NO5/c26-19(16-30-22-8-3-6-17-5-1-2-7-21(17)22)15-29-20-12-10-18(11-13-20)25-24(27)23-9-4-14-28-23/h1-14,19,26H,15-16H2,(H,25,27). The Morgan fingerprint density at radius 3 is 2.47 bits per heavy atom. The van der Waals surface area contributed by atoms with Crippen LogP contribution in [0.15, 0.2) is 89.5 Å². The fourth-order valence-electron chi connectivity index (χ4n) is 2.98. The van der Waals surface area contributed by atoms with Gasteiger partial charge in [0, 0.05) is 11.1 Å². The molecule has 1 heterocycles. The van der Waals surface area contributed by atoms with Gasteiger partial charge in [-0.3, -0.25) is 4.79 Å². The zero-order valence-electron chi connectivity index (χ0n) is 16.2. The summed E-state index contributed by atoms with van der Waals surface area (Å²) in [5, 5.41) is 15.0. The molecule has 3 aromatic carbocycles. The second kappa shape index (κ2) is 9.15. The number of amides is 1. The van der Waals surface area contributed by atoms with Crippen molar-refractivity contribution < 1.29 is 23.8 Å². The second-order valence-corrected chi connectivity index (χ2v) is 6.71. The lowest BCUT2D eigenvalue weighted by atomic mass is 10.1. The maximum absolute atomic E-state index is 12.0. The van der Waals surface area contributed by atoms with Gasteiger partial charge in [0.2, 0.25) is 0 Å². The Hall–Kier alpha value is -3.77. The van der Waals surface area contributed by atoms with E-state index in [0.29, 0.717) is 11.4 Å². The van der Waals surface area contributed by atoms with Crippen molar-refractivity contribution in [2.24, 2.45) is 0 Å². The third-order valence-corrected chi connectivity index (χ3v) is 4.48. The Kier molecular flexibility index (Phi) is 5.96. The predicted octanol–water partition coefficient (Wildman–Crippen LogP) is 4.50. The molecule has 1 amide bonds. The second-order valence-electron chi connectivity index (χ2n) is 6.71. The van der Waals surface area contributed by atoms with Gasteiger partial charge in [-0.2, -0.15) is 0 Å². The number of hydrogen-bond acceptors (Lipinski definition) is 5. The van der Waals surface area contributed by atoms with Crippen LogP contribution in [0.25, 0.3) is 10.8 Å². The minimum Gasteiger partial charge on any atom is -0.491 e. The summed E-state index contributed by atoms with van der Waals surface area (Å²) < 4.78 is 16.5. The Morgan fingerprint density at radius 2 is 1.67 bits per heavy atom. The number of ether oxygens (including phenoxy) is 2. The van der Waals surface area contributed by atoms with E-state index in [4.69, 9.17) is 13.9 Å². The highest BCUT2D eigenvalue weighted by Crippen LogP contribution is 2.25. The number of hydrogen-bond donors (Lipinski definition) is 2. The fourth-order valence-corrected chi connectivity index (χ4v) is 2.98. The van der Waals surface area contributed by atoms with Crippen LogP contribution in [0.2, 0.25) is 0 Å². The molecule has 1 unspecified atom stereocenters. The number of aliphatic hydroxyl groups is 1. The molecular weight excluding hydrogens is 382 g/mol. The molecule has 0 aliphatic heterocycles. The van der Waals surface area contributed by atoms with Crippen LogP contribution in [0.1, 0.15) is 10.6 Å². The molecule has 6 heteroatoms. The average molecular weight is 403 g/mol. The Balaban J connectivity index is 1.26. The van der Waals surface area contributed by atoms with Crippen molar-refractivity contribution in [3.05, 3.63) is 90.9 Å². The number of aliphatic hydroxyl groups excluding tert-OH is 1. The molecule has 0 bridgehead atoms. The average Bonchev–Trinajstić information content (AvgIpc) is 3.32. The summed E-state index contributed by atoms with van der Waals surface area (Å²) in [6, 6.07) is 23.9. The first kappa shape index (κ1) is 19.5. The van der Waals surface area contributed by atoms with Gasteiger partial charge in [0.25, 0.3) is 5.91 Å². The maximum atomic E-state index is 12.0. The molecular formula is C24H21NO5. The molecule has 2 N–H and O–H groups in total. The van der Waals surface area contributed by atoms with E-state index in [0.717, 1.165) is 16.5 Å². The summed E-state index contributed by atoms with van der Waals surface area (Å²) in [6.07, 6.45) is 0.656. The van der Waals surface area contributed by atoms with Crippen LogP contribution < -0.4 is 14.8 Å². The fraction of sp³-hybridized carbons (Fsp3) is 0.125. The number of rotatable bonds is 8. The summed E-state index contributed by atoms with van der Waals surface area (Å²) in [4.78, 5) is 12.0. The summed E-state index contributed by atoms with van der Waals surface area (Å²) in [5.41, 5.74) is 0.614. The van der Waals surface area contributed by atoms with E-state index in [2.05, 4.69) is 5.32 Å². The molecule has 30 heavy (non-hydrogen) atoms. The summed E-state index contributed by atoms with van der Waals surface area (Å²) in [6.45, 7) is 0.203. The summed E-state index contributed by atoms with van der Waals surface area (Å²) in [7, 11) is 0. The smallest absolute Gasteiger partial charge is 0.291 e. The van der Waals surface area contributed by atoms with E-state index in [1.165, 1.54) is 6.26 Å². The van der Waals surface area contributed by atoms with Gasteiger partial charge in [-0.1, -0.05) is 36.4 Å². The Morgan fingerprint density at radius 1 is 0.900 bits per heavy atom. The highest BCUT2D eigenvalue weighted by molar-refractivity contribution is 6.02. The van der Waals surface area contributed by atoms with E-state index in [9.17, 15) is 9.90 Å². The minimum absolute atomic E-state index is 0.0862. The van der Waals surface area contributed by atoms with Gasteiger partial charge in [0.05, 0.1) is 6.26 Å². The third kappa shape index (κ3) is 4.79. The highest BCUT2D eigenvalue weighted by atomic mass is 16.5. The number of furan rings is 1. The van der Waals surface area contributed by atoms with Crippen molar-refractivity contribution >= 4 is 22.4 Å². The van der Waals surface area contributed by atoms with Crippen LogP contribution in [0, 0.1) is 0 Å². The SMILES string of the molecule is O=C(Nc1ccc(OCC(O)COc2cccc3ccccc23)cc1)c1ccco1. The number of anilines is 1. The summed E-state index contributed by atoms with van der Waals surface area (Å²) in [5.74, 6) is 1.22. The zero-order chi connectivity index (χ0) is 20.8. The third-order valence-electron chi connectivity index (χ3n) is 4.48. The molecule has 4 rings (SSSR count). The summed E-state index contributed by atoms with van der Waals surface area (Å²) >= 11 is 0. The van der Waals surface area contributed by atoms with Crippen LogP contribution in [-0.4, -0.2) is 30.3 Å². The molecule has 6 nitrogen and oxygen atoms in total. The van der Waals surface area contributed by atoms with Crippen molar-refractivity contribution in [1.82, 2.24) is 0 Å². The molecule has 0 radical (unpaired) electrons. The van der Waals surface area contributed by atoms with Crippen molar-refractivity contribution in [1.29, 1.82) is 0 Å². The van der Waals surface area contributed by atoms with Gasteiger partial charge in [0.1, 0.15) is 30.8 Å². The number of carbonyl (C=O) groups excluding carboxylic acids is 1. The number of fused-ring (bicyclic) bond motifs is 1. The molecule has 0 aliphatic rings. The van der Waals surface area contributed by atoms with Crippen molar-refractivity contribution in [3.63, 3.8) is 0 Å². The van der Waals surface area contributed by atoms with Gasteiger partial charge in [0.15, 0.2) is 5.76 Å². The lowest BCUT2D eigenvalue weighted by Gasteiger charge is -2.15. The number of benzene rings is 3. The van der Waals surface area contributed by atoms with E-state index in [-0.39, 0.29) is 24.9 Å². The molecule has 0 aliphatic carbocycles. The molecule has 1 aromatic heterocycles. The quantitative estimate of drug-likeness (QED) is 0.453. The zero-order valence-corrected chi connectivity index (χ0v) is 16.2. The number of carbonyl (C=O) groups is 1. The van der Waals surface area contributed by atoms with E-state index in [1.807, 2.05) is 42.5 Å². The molecule has 0 spiro atoms. The van der Waals surface area contributed by atoms with Gasteiger partial charge >= 0.3 is 0 Å². The maximum Gasteiger partial charge on any atom is 0.291 e. The molecule has 0 saturated carbocycles. The first-order chi connectivity index (χ1) is 14.7.